The molecule has 10 fully saturated rings. The molecule has 1 aromatic carbocycles. The van der Waals surface area contributed by atoms with Crippen LogP contribution in [0, 0.1) is 34.5 Å². The van der Waals surface area contributed by atoms with E-state index in [4.69, 9.17) is 71.1 Å². The fourth-order valence-corrected chi connectivity index (χ4v) is 17.1. The largest absolute Gasteiger partial charge is 0.458 e. The van der Waals surface area contributed by atoms with E-state index in [9.17, 15) is 35.1 Å². The summed E-state index contributed by atoms with van der Waals surface area (Å²) in [6.45, 7) is 11.0. The van der Waals surface area contributed by atoms with Crippen LogP contribution in [0.5, 0.6) is 0 Å². The lowest BCUT2D eigenvalue weighted by Crippen LogP contribution is -2.74. The van der Waals surface area contributed by atoms with Crippen molar-refractivity contribution in [3.63, 3.8) is 0 Å². The zero-order valence-corrected chi connectivity index (χ0v) is 47.9. The van der Waals surface area contributed by atoms with E-state index in [1.807, 2.05) is 51.1 Å². The standard InChI is InChI=1S/C59H86O22/c1-28-48(78-42-25-37(68-8)49(29(2)72-42)79-55-47(66)52(69-9)50(30(3)73-55)80-54-46(65)45(64)44(63)38(26-60)76-54)36(67-7)24-41(71-28)75-34-19-21-56(5)33(23-34)16-17-35-43(56)51(77-40(62)18-15-32-13-11-10-12-14-32)53(74-31(4)61)58-27-70-57(6)39(58)20-22-59(35,58)81-57/h10-15,18,28-30,33-39,41-55,60,63-66H,16-17,19-27H2,1-9H3/t28-,29-,30-,33+,34+,35+,36+,37-,38-,39-,41+,42+,43-,44-,45+,46-,47-,48-,49-,50-,51+,52+,53-,54+,55+,56+,57+,58+,59+/m1/s1. The average Bonchev–Trinajstić information content (AvgIpc) is 1.53. The van der Waals surface area contributed by atoms with Crippen LogP contribution in [0.4, 0.5) is 0 Å². The van der Waals surface area contributed by atoms with Crippen molar-refractivity contribution in [1.82, 2.24) is 0 Å². The van der Waals surface area contributed by atoms with E-state index >= 15 is 0 Å². The Balaban J connectivity index is 0.725. The van der Waals surface area contributed by atoms with Crippen molar-refractivity contribution in [3.8, 4) is 0 Å². The molecule has 29 atom stereocenters. The minimum Gasteiger partial charge on any atom is -0.458 e. The highest BCUT2D eigenvalue weighted by atomic mass is 16.8. The van der Waals surface area contributed by atoms with E-state index in [0.29, 0.717) is 13.0 Å². The lowest BCUT2D eigenvalue weighted by Gasteiger charge is -2.66. The predicted octanol–water partition coefficient (Wildman–Crippen LogP) is 3.06. The Morgan fingerprint density at radius 2 is 1.33 bits per heavy atom. The number of carbonyl (C=O) groups excluding carboxylic acids is 2. The van der Waals surface area contributed by atoms with Crippen LogP contribution in [0.15, 0.2) is 36.4 Å². The van der Waals surface area contributed by atoms with E-state index in [1.54, 1.807) is 27.2 Å². The van der Waals surface area contributed by atoms with E-state index < -0.39 is 158 Å². The van der Waals surface area contributed by atoms with E-state index in [0.717, 1.165) is 50.5 Å². The zero-order chi connectivity index (χ0) is 57.5. The van der Waals surface area contributed by atoms with E-state index in [1.165, 1.54) is 20.1 Å². The molecular weight excluding hydrogens is 1060 g/mol. The molecule has 454 valence electrons. The SMILES string of the molecule is CO[C@H]1[C@@H](O)[C@H](O[C@@H]2[C@@H](C)O[C@@H](O[C@H]3[C@@H](OC)C[C@H](O[C@H]4CC[C@@]5(C)[C@@H](CC[C@H]6[C@@H]5[C@H](OC(=O)C=Cc5ccccc5)[C@@H](OC(C)=O)[C@@]57CO[C@@]8(C)O[C@@]65CC[C@H]87)C4)O[C@@H]3C)C[C@H]2OC)O[C@H](C)[C@H]1O[C@@H]1O[C@H](CO)[C@@H](O)[C@H](O)[C@H]1O. The first-order valence-corrected chi connectivity index (χ1v) is 29.3. The number of methoxy groups -OCH3 is 3. The number of aliphatic hydroxyl groups excluding tert-OH is 5. The zero-order valence-electron chi connectivity index (χ0n) is 47.9. The van der Waals surface area contributed by atoms with Gasteiger partial charge in [-0.05, 0) is 102 Å². The van der Waals surface area contributed by atoms with E-state index in [2.05, 4.69) is 6.92 Å². The third kappa shape index (κ3) is 10.4. The first kappa shape index (κ1) is 59.9. The molecule has 4 saturated carbocycles. The van der Waals surface area contributed by atoms with Crippen molar-refractivity contribution in [2.45, 2.75) is 240 Å². The maximum absolute atomic E-state index is 14.1. The van der Waals surface area contributed by atoms with Crippen LogP contribution in [-0.4, -0.2) is 212 Å². The van der Waals surface area contributed by atoms with Gasteiger partial charge in [-0.3, -0.25) is 4.79 Å². The Morgan fingerprint density at radius 1 is 0.679 bits per heavy atom. The molecule has 4 aliphatic carbocycles. The van der Waals surface area contributed by atoms with Gasteiger partial charge in [-0.2, -0.15) is 0 Å². The molecule has 6 heterocycles. The summed E-state index contributed by atoms with van der Waals surface area (Å²) in [5, 5.41) is 52.5. The summed E-state index contributed by atoms with van der Waals surface area (Å²) >= 11 is 0. The normalized spacial score (nSPS) is 51.1. The van der Waals surface area contributed by atoms with Gasteiger partial charge < -0.3 is 96.6 Å². The molecule has 81 heavy (non-hydrogen) atoms. The highest BCUT2D eigenvalue weighted by molar-refractivity contribution is 5.87. The summed E-state index contributed by atoms with van der Waals surface area (Å²) in [5.41, 5.74) is -0.688. The number of hydrogen-bond donors (Lipinski definition) is 5. The van der Waals surface area contributed by atoms with Crippen molar-refractivity contribution in [2.75, 3.05) is 34.5 Å². The summed E-state index contributed by atoms with van der Waals surface area (Å²) in [6, 6.07) is 9.62. The number of ether oxygens (including phenoxy) is 15. The Bertz CT molecular complexity index is 2380. The van der Waals surface area contributed by atoms with E-state index in [-0.39, 0.29) is 41.6 Å². The maximum atomic E-state index is 14.1. The molecule has 1 aromatic rings. The van der Waals surface area contributed by atoms with Gasteiger partial charge in [0.1, 0.15) is 67.1 Å². The van der Waals surface area contributed by atoms with Gasteiger partial charge in [-0.25, -0.2) is 4.79 Å². The van der Waals surface area contributed by atoms with Gasteiger partial charge in [0.2, 0.25) is 0 Å². The second kappa shape index (κ2) is 23.5. The van der Waals surface area contributed by atoms with Gasteiger partial charge >= 0.3 is 11.9 Å². The van der Waals surface area contributed by atoms with Crippen LogP contribution in [0.25, 0.3) is 6.08 Å². The fraction of sp³-hybridized carbons (Fsp3) is 0.831. The summed E-state index contributed by atoms with van der Waals surface area (Å²) in [4.78, 5) is 27.3. The molecule has 0 amide bonds. The van der Waals surface area contributed by atoms with Crippen LogP contribution >= 0.6 is 0 Å². The van der Waals surface area contributed by atoms with Crippen molar-refractivity contribution >= 4 is 18.0 Å². The molecular formula is C59H86O22. The Kier molecular flexibility index (Phi) is 17.3. The highest BCUT2D eigenvalue weighted by Crippen LogP contribution is 2.79. The molecule has 10 aliphatic rings. The molecule has 0 radical (unpaired) electrons. The molecule has 22 heteroatoms. The minimum absolute atomic E-state index is 0.0103. The topological polar surface area (TPSA) is 274 Å². The quantitative estimate of drug-likeness (QED) is 0.0904. The van der Waals surface area contributed by atoms with Crippen LogP contribution in [0.2, 0.25) is 0 Å². The Hall–Kier alpha value is -2.82. The predicted molar refractivity (Wildman–Crippen MR) is 280 cm³/mol. The number of hydrogen-bond acceptors (Lipinski definition) is 22. The van der Waals surface area contributed by atoms with Gasteiger partial charge in [0.25, 0.3) is 0 Å². The van der Waals surface area contributed by atoms with Gasteiger partial charge in [-0.1, -0.05) is 37.3 Å². The lowest BCUT2D eigenvalue weighted by molar-refractivity contribution is -0.373. The second-order valence-corrected chi connectivity index (χ2v) is 25.0. The van der Waals surface area contributed by atoms with Crippen molar-refractivity contribution < 1.29 is 106 Å². The van der Waals surface area contributed by atoms with Gasteiger partial charge in [0.05, 0.1) is 60.9 Å². The van der Waals surface area contributed by atoms with Crippen LogP contribution in [-0.2, 0) is 80.6 Å². The number of aliphatic hydroxyl groups is 5. The molecule has 6 aliphatic heterocycles. The Morgan fingerprint density at radius 3 is 2.00 bits per heavy atom. The van der Waals surface area contributed by atoms with Crippen LogP contribution in [0.3, 0.4) is 0 Å². The summed E-state index contributed by atoms with van der Waals surface area (Å²) in [7, 11) is 4.57. The van der Waals surface area contributed by atoms with Crippen molar-refractivity contribution in [2.24, 2.45) is 34.5 Å². The number of rotatable bonds is 16. The summed E-state index contributed by atoms with van der Waals surface area (Å²) < 4.78 is 95.5. The number of fused-ring (bicyclic) bond motifs is 3. The van der Waals surface area contributed by atoms with Crippen molar-refractivity contribution in [1.29, 1.82) is 0 Å². The van der Waals surface area contributed by atoms with Crippen molar-refractivity contribution in [3.05, 3.63) is 42.0 Å². The number of esters is 2. The maximum Gasteiger partial charge on any atom is 0.331 e. The summed E-state index contributed by atoms with van der Waals surface area (Å²) in [5.74, 6) is -1.66. The number of benzene rings is 1. The molecule has 5 N–H and O–H groups in total. The second-order valence-electron chi connectivity index (χ2n) is 25.0. The Labute approximate surface area is 473 Å². The first-order chi connectivity index (χ1) is 38.7. The lowest BCUT2D eigenvalue weighted by atomic mass is 9.42. The third-order valence-corrected chi connectivity index (χ3v) is 20.8. The van der Waals surface area contributed by atoms with Crippen LogP contribution < -0.4 is 0 Å². The minimum atomic E-state index is -1.67. The van der Waals surface area contributed by atoms with Crippen LogP contribution in [0.1, 0.15) is 105 Å². The molecule has 0 unspecified atom stereocenters. The molecule has 6 saturated heterocycles. The smallest absolute Gasteiger partial charge is 0.331 e. The third-order valence-electron chi connectivity index (χ3n) is 20.8. The number of carbonyl (C=O) groups is 2. The first-order valence-electron chi connectivity index (χ1n) is 29.3. The highest BCUT2D eigenvalue weighted by Gasteiger charge is 2.87. The molecule has 22 nitrogen and oxygen atoms in total. The monoisotopic (exact) mass is 1150 g/mol. The molecule has 0 aromatic heterocycles. The molecule has 4 bridgehead atoms. The fourth-order valence-electron chi connectivity index (χ4n) is 17.1. The molecule has 11 rings (SSSR count). The van der Waals surface area contributed by atoms with Gasteiger partial charge in [0.15, 0.2) is 30.9 Å². The summed E-state index contributed by atoms with van der Waals surface area (Å²) in [6.07, 6.45) is -9.79. The van der Waals surface area contributed by atoms with Gasteiger partial charge in [0, 0.05) is 59.0 Å². The van der Waals surface area contributed by atoms with Gasteiger partial charge in [-0.15, -0.1) is 0 Å². The average molecular weight is 1150 g/mol. The molecule has 1 spiro atoms.